The highest BCUT2D eigenvalue weighted by molar-refractivity contribution is 5.35. The Balaban J connectivity index is 2.10. The average molecular weight is 271 g/mol. The summed E-state index contributed by atoms with van der Waals surface area (Å²) >= 11 is 0. The van der Waals surface area contributed by atoms with E-state index < -0.39 is 0 Å². The molecule has 0 fully saturated rings. The molecule has 0 atom stereocenters. The molecule has 0 spiro atoms. The number of benzene rings is 1. The Hall–Kier alpha value is -1.94. The van der Waals surface area contributed by atoms with E-state index in [0.717, 1.165) is 29.1 Å². The molecule has 0 radical (unpaired) electrons. The zero-order valence-corrected chi connectivity index (χ0v) is 12.3. The highest BCUT2D eigenvalue weighted by Gasteiger charge is 2.05. The molecule has 1 aromatic heterocycles. The van der Waals surface area contributed by atoms with Gasteiger partial charge in [0.2, 0.25) is 0 Å². The van der Waals surface area contributed by atoms with Crippen molar-refractivity contribution in [3.8, 4) is 5.75 Å². The molecule has 0 unspecified atom stereocenters. The van der Waals surface area contributed by atoms with Crippen LogP contribution in [0.5, 0.6) is 5.75 Å². The first kappa shape index (κ1) is 14.5. The van der Waals surface area contributed by atoms with Gasteiger partial charge >= 0.3 is 0 Å². The van der Waals surface area contributed by atoms with Crippen molar-refractivity contribution in [1.82, 2.24) is 9.97 Å². The van der Waals surface area contributed by atoms with Crippen molar-refractivity contribution in [3.05, 3.63) is 52.6 Å². The quantitative estimate of drug-likeness (QED) is 0.907. The molecular formula is C16H21N3O. The second-order valence-corrected chi connectivity index (χ2v) is 5.01. The summed E-state index contributed by atoms with van der Waals surface area (Å²) in [5, 5.41) is 0. The van der Waals surface area contributed by atoms with Crippen LogP contribution in [0, 0.1) is 20.8 Å². The Morgan fingerprint density at radius 2 is 1.90 bits per heavy atom. The Kier molecular flexibility index (Phi) is 4.69. The van der Waals surface area contributed by atoms with Gasteiger partial charge in [0.25, 0.3) is 0 Å². The average Bonchev–Trinajstić information content (AvgIpc) is 2.37. The smallest absolute Gasteiger partial charge is 0.166 e. The highest BCUT2D eigenvalue weighted by atomic mass is 16.5. The summed E-state index contributed by atoms with van der Waals surface area (Å²) in [4.78, 5) is 8.87. The number of ether oxygens (including phenoxy) is 1. The van der Waals surface area contributed by atoms with Crippen LogP contribution in [0.2, 0.25) is 0 Å². The Bertz CT molecular complexity index is 596. The number of rotatable bonds is 5. The SMILES string of the molecule is Cc1ccc(OCc2nc(C)cc(CCN)n2)c(C)c1. The van der Waals surface area contributed by atoms with Crippen LogP contribution in [0.1, 0.15) is 28.3 Å². The maximum atomic E-state index is 5.81. The van der Waals surface area contributed by atoms with Crippen LogP contribution in [0.15, 0.2) is 24.3 Å². The molecule has 1 aromatic carbocycles. The number of hydrogen-bond donors (Lipinski definition) is 1. The molecule has 0 saturated heterocycles. The third-order valence-electron chi connectivity index (χ3n) is 3.04. The largest absolute Gasteiger partial charge is 0.485 e. The van der Waals surface area contributed by atoms with E-state index in [2.05, 4.69) is 23.0 Å². The lowest BCUT2D eigenvalue weighted by Gasteiger charge is -2.10. The Morgan fingerprint density at radius 1 is 1.10 bits per heavy atom. The summed E-state index contributed by atoms with van der Waals surface area (Å²) in [5.41, 5.74) is 9.84. The fourth-order valence-electron chi connectivity index (χ4n) is 2.14. The van der Waals surface area contributed by atoms with Crippen molar-refractivity contribution in [2.75, 3.05) is 6.54 Å². The van der Waals surface area contributed by atoms with Crippen LogP contribution in [-0.4, -0.2) is 16.5 Å². The van der Waals surface area contributed by atoms with Gasteiger partial charge in [-0.2, -0.15) is 0 Å². The van der Waals surface area contributed by atoms with Gasteiger partial charge in [0.05, 0.1) is 0 Å². The van der Waals surface area contributed by atoms with Crippen molar-refractivity contribution < 1.29 is 4.74 Å². The summed E-state index contributed by atoms with van der Waals surface area (Å²) in [7, 11) is 0. The molecule has 0 aliphatic heterocycles. The van der Waals surface area contributed by atoms with Crippen LogP contribution >= 0.6 is 0 Å². The minimum atomic E-state index is 0.378. The second-order valence-electron chi connectivity index (χ2n) is 5.01. The van der Waals surface area contributed by atoms with Crippen molar-refractivity contribution >= 4 is 0 Å². The molecule has 2 aromatic rings. The molecule has 0 amide bonds. The van der Waals surface area contributed by atoms with E-state index in [0.29, 0.717) is 19.0 Å². The molecule has 20 heavy (non-hydrogen) atoms. The van der Waals surface area contributed by atoms with Gasteiger partial charge in [-0.15, -0.1) is 0 Å². The number of nitrogens with two attached hydrogens (primary N) is 1. The molecule has 106 valence electrons. The third kappa shape index (κ3) is 3.78. The minimum Gasteiger partial charge on any atom is -0.485 e. The highest BCUT2D eigenvalue weighted by Crippen LogP contribution is 2.19. The molecule has 0 aliphatic rings. The summed E-state index contributed by atoms with van der Waals surface area (Å²) in [6, 6.07) is 8.10. The van der Waals surface area contributed by atoms with Gasteiger partial charge in [-0.1, -0.05) is 17.7 Å². The zero-order chi connectivity index (χ0) is 14.5. The van der Waals surface area contributed by atoms with Gasteiger partial charge in [0.15, 0.2) is 5.82 Å². The molecule has 0 saturated carbocycles. The lowest BCUT2D eigenvalue weighted by atomic mass is 10.1. The number of nitrogens with zero attached hydrogens (tertiary/aromatic N) is 2. The van der Waals surface area contributed by atoms with Crippen molar-refractivity contribution in [2.24, 2.45) is 5.73 Å². The minimum absolute atomic E-state index is 0.378. The molecule has 2 rings (SSSR count). The van der Waals surface area contributed by atoms with Crippen LogP contribution in [-0.2, 0) is 13.0 Å². The van der Waals surface area contributed by atoms with E-state index in [-0.39, 0.29) is 0 Å². The van der Waals surface area contributed by atoms with Crippen LogP contribution in [0.3, 0.4) is 0 Å². The fourth-order valence-corrected chi connectivity index (χ4v) is 2.14. The first-order chi connectivity index (χ1) is 9.58. The van der Waals surface area contributed by atoms with Crippen LogP contribution in [0.25, 0.3) is 0 Å². The lowest BCUT2D eigenvalue weighted by Crippen LogP contribution is -2.09. The molecule has 1 heterocycles. The third-order valence-corrected chi connectivity index (χ3v) is 3.04. The maximum Gasteiger partial charge on any atom is 0.166 e. The van der Waals surface area contributed by atoms with Crippen LogP contribution in [0.4, 0.5) is 0 Å². The van der Waals surface area contributed by atoms with Gasteiger partial charge in [0.1, 0.15) is 12.4 Å². The summed E-state index contributed by atoms with van der Waals surface area (Å²) in [6.07, 6.45) is 0.764. The van der Waals surface area contributed by atoms with Gasteiger partial charge in [-0.25, -0.2) is 9.97 Å². The molecular weight excluding hydrogens is 250 g/mol. The number of aromatic nitrogens is 2. The molecule has 0 bridgehead atoms. The van der Waals surface area contributed by atoms with E-state index >= 15 is 0 Å². The van der Waals surface area contributed by atoms with E-state index in [9.17, 15) is 0 Å². The van der Waals surface area contributed by atoms with Crippen molar-refractivity contribution in [2.45, 2.75) is 33.8 Å². The molecule has 4 heteroatoms. The van der Waals surface area contributed by atoms with Crippen LogP contribution < -0.4 is 10.5 Å². The van der Waals surface area contributed by atoms with E-state index in [1.54, 1.807) is 0 Å². The summed E-state index contributed by atoms with van der Waals surface area (Å²) in [6.45, 7) is 7.04. The molecule has 4 nitrogen and oxygen atoms in total. The standard InChI is InChI=1S/C16H21N3O/c1-11-4-5-15(12(2)8-11)20-10-16-18-13(3)9-14(19-16)6-7-17/h4-5,8-9H,6-7,10,17H2,1-3H3. The molecule has 2 N–H and O–H groups in total. The van der Waals surface area contributed by atoms with Gasteiger partial charge in [-0.3, -0.25) is 0 Å². The molecule has 0 aliphatic carbocycles. The number of aryl methyl sites for hydroxylation is 3. The fraction of sp³-hybridized carbons (Fsp3) is 0.375. The maximum absolute atomic E-state index is 5.81. The summed E-state index contributed by atoms with van der Waals surface area (Å²) in [5.74, 6) is 1.58. The first-order valence-electron chi connectivity index (χ1n) is 6.82. The Labute approximate surface area is 120 Å². The predicted octanol–water partition coefficient (Wildman–Crippen LogP) is 2.48. The monoisotopic (exact) mass is 271 g/mol. The summed E-state index contributed by atoms with van der Waals surface area (Å²) < 4.78 is 5.81. The van der Waals surface area contributed by atoms with E-state index in [4.69, 9.17) is 10.5 Å². The van der Waals surface area contributed by atoms with Gasteiger partial charge < -0.3 is 10.5 Å². The Morgan fingerprint density at radius 3 is 2.60 bits per heavy atom. The van der Waals surface area contributed by atoms with Crippen molar-refractivity contribution in [3.63, 3.8) is 0 Å². The van der Waals surface area contributed by atoms with Gasteiger partial charge in [-0.05, 0) is 45.0 Å². The lowest BCUT2D eigenvalue weighted by molar-refractivity contribution is 0.293. The zero-order valence-electron chi connectivity index (χ0n) is 12.3. The first-order valence-corrected chi connectivity index (χ1v) is 6.82. The normalized spacial score (nSPS) is 10.6. The van der Waals surface area contributed by atoms with Gasteiger partial charge in [0, 0.05) is 17.8 Å². The van der Waals surface area contributed by atoms with E-state index in [1.807, 2.05) is 32.0 Å². The predicted molar refractivity (Wildman–Crippen MR) is 79.8 cm³/mol. The second kappa shape index (κ2) is 6.48. The van der Waals surface area contributed by atoms with E-state index in [1.165, 1.54) is 5.56 Å². The topological polar surface area (TPSA) is 61.0 Å². The number of hydrogen-bond acceptors (Lipinski definition) is 4. The van der Waals surface area contributed by atoms with Crippen molar-refractivity contribution in [1.29, 1.82) is 0 Å².